The van der Waals surface area contributed by atoms with Crippen molar-refractivity contribution in [1.29, 1.82) is 0 Å². The molecule has 0 fully saturated rings. The van der Waals surface area contributed by atoms with Crippen LogP contribution < -0.4 is 16.0 Å². The number of rotatable bonds is 3. The van der Waals surface area contributed by atoms with Crippen LogP contribution in [-0.2, 0) is 4.79 Å². The highest BCUT2D eigenvalue weighted by atomic mass is 79.9. The zero-order chi connectivity index (χ0) is 12.3. The third kappa shape index (κ3) is 2.96. The molecule has 1 atom stereocenters. The maximum absolute atomic E-state index is 11.2. The van der Waals surface area contributed by atoms with Gasteiger partial charge in [-0.05, 0) is 44.0 Å². The number of hydrazine groups is 1. The van der Waals surface area contributed by atoms with Crippen molar-refractivity contribution < 1.29 is 9.53 Å². The molecule has 5 heteroatoms. The number of nitrogens with two attached hydrogens (primary N) is 1. The molecule has 88 valence electrons. The summed E-state index contributed by atoms with van der Waals surface area (Å²) in [5, 5.41) is 0. The Morgan fingerprint density at radius 2 is 1.94 bits per heavy atom. The van der Waals surface area contributed by atoms with Crippen molar-refractivity contribution in [2.75, 3.05) is 0 Å². The lowest BCUT2D eigenvalue weighted by Crippen LogP contribution is -2.40. The van der Waals surface area contributed by atoms with Crippen molar-refractivity contribution in [3.05, 3.63) is 27.7 Å². The topological polar surface area (TPSA) is 64.3 Å². The van der Waals surface area contributed by atoms with Gasteiger partial charge in [-0.3, -0.25) is 10.2 Å². The quantitative estimate of drug-likeness (QED) is 0.506. The first-order valence-electron chi connectivity index (χ1n) is 4.89. The molecule has 0 aliphatic heterocycles. The maximum atomic E-state index is 11.2. The lowest BCUT2D eigenvalue weighted by molar-refractivity contribution is -0.127. The summed E-state index contributed by atoms with van der Waals surface area (Å²) in [5.74, 6) is 5.42. The molecule has 0 aromatic heterocycles. The molecule has 0 heterocycles. The van der Waals surface area contributed by atoms with Gasteiger partial charge in [0.1, 0.15) is 5.75 Å². The Bertz CT molecular complexity index is 384. The number of aryl methyl sites for hydroxylation is 2. The molecule has 1 aromatic carbocycles. The summed E-state index contributed by atoms with van der Waals surface area (Å²) in [6.45, 7) is 5.52. The Morgan fingerprint density at radius 3 is 2.38 bits per heavy atom. The number of carbonyl (C=O) groups is 1. The van der Waals surface area contributed by atoms with E-state index in [-0.39, 0.29) is 5.91 Å². The lowest BCUT2D eigenvalue weighted by Gasteiger charge is -2.17. The first kappa shape index (κ1) is 13.0. The zero-order valence-corrected chi connectivity index (χ0v) is 11.1. The summed E-state index contributed by atoms with van der Waals surface area (Å²) < 4.78 is 6.56. The van der Waals surface area contributed by atoms with Gasteiger partial charge in [-0.1, -0.05) is 15.9 Å². The molecule has 1 amide bonds. The second-order valence-electron chi connectivity index (χ2n) is 3.64. The van der Waals surface area contributed by atoms with E-state index in [4.69, 9.17) is 10.6 Å². The van der Waals surface area contributed by atoms with Crippen molar-refractivity contribution >= 4 is 21.8 Å². The van der Waals surface area contributed by atoms with Crippen LogP contribution in [0.4, 0.5) is 0 Å². The predicted molar refractivity (Wildman–Crippen MR) is 66.0 cm³/mol. The molecule has 0 bridgehead atoms. The van der Waals surface area contributed by atoms with E-state index in [1.54, 1.807) is 6.92 Å². The average Bonchev–Trinajstić information content (AvgIpc) is 2.21. The number of halogens is 1. The molecule has 3 N–H and O–H groups in total. The molecule has 0 spiro atoms. The van der Waals surface area contributed by atoms with Gasteiger partial charge in [-0.25, -0.2) is 5.84 Å². The van der Waals surface area contributed by atoms with Crippen LogP contribution in [0.3, 0.4) is 0 Å². The molecule has 0 saturated heterocycles. The number of benzene rings is 1. The highest BCUT2D eigenvalue weighted by molar-refractivity contribution is 9.10. The fraction of sp³-hybridized carbons (Fsp3) is 0.364. The van der Waals surface area contributed by atoms with Crippen molar-refractivity contribution in [1.82, 2.24) is 5.43 Å². The van der Waals surface area contributed by atoms with Gasteiger partial charge in [-0.2, -0.15) is 0 Å². The van der Waals surface area contributed by atoms with E-state index in [0.29, 0.717) is 0 Å². The normalized spacial score (nSPS) is 12.1. The highest BCUT2D eigenvalue weighted by Crippen LogP contribution is 2.28. The molecule has 1 aromatic rings. The average molecular weight is 287 g/mol. The van der Waals surface area contributed by atoms with E-state index in [0.717, 1.165) is 21.3 Å². The van der Waals surface area contributed by atoms with Gasteiger partial charge in [0.25, 0.3) is 5.91 Å². The van der Waals surface area contributed by atoms with E-state index in [1.807, 2.05) is 26.0 Å². The zero-order valence-electron chi connectivity index (χ0n) is 9.50. The molecule has 0 saturated carbocycles. The Morgan fingerprint density at radius 1 is 1.44 bits per heavy atom. The monoisotopic (exact) mass is 286 g/mol. The van der Waals surface area contributed by atoms with Crippen LogP contribution >= 0.6 is 15.9 Å². The number of ether oxygens (including phenoxy) is 1. The van der Waals surface area contributed by atoms with E-state index >= 15 is 0 Å². The SMILES string of the molecule is Cc1cc(Br)cc(C)c1OC(C)C(=O)NN. The second kappa shape index (κ2) is 5.32. The molecular weight excluding hydrogens is 272 g/mol. The predicted octanol–water partition coefficient (Wildman–Crippen LogP) is 1.82. The Hall–Kier alpha value is -1.07. The molecule has 1 rings (SSSR count). The fourth-order valence-electron chi connectivity index (χ4n) is 1.43. The van der Waals surface area contributed by atoms with Crippen LogP contribution in [0.5, 0.6) is 5.75 Å². The standard InChI is InChI=1S/C11H15BrN2O2/c1-6-4-9(12)5-7(2)10(6)16-8(3)11(15)14-13/h4-5,8H,13H2,1-3H3,(H,14,15). The first-order chi connectivity index (χ1) is 7.45. The largest absolute Gasteiger partial charge is 0.480 e. The minimum atomic E-state index is -0.608. The number of amides is 1. The van der Waals surface area contributed by atoms with Crippen LogP contribution in [0.1, 0.15) is 18.1 Å². The Kier molecular flexibility index (Phi) is 4.32. The number of nitrogens with one attached hydrogen (secondary N) is 1. The molecule has 0 radical (unpaired) electrons. The van der Waals surface area contributed by atoms with Crippen molar-refractivity contribution in [2.45, 2.75) is 26.9 Å². The lowest BCUT2D eigenvalue weighted by atomic mass is 10.1. The molecule has 16 heavy (non-hydrogen) atoms. The first-order valence-corrected chi connectivity index (χ1v) is 5.69. The van der Waals surface area contributed by atoms with Gasteiger partial charge in [0.05, 0.1) is 0 Å². The minimum Gasteiger partial charge on any atom is -0.480 e. The van der Waals surface area contributed by atoms with Crippen molar-refractivity contribution in [2.24, 2.45) is 5.84 Å². The summed E-state index contributed by atoms with van der Waals surface area (Å²) in [5.41, 5.74) is 4.01. The third-order valence-electron chi connectivity index (χ3n) is 2.23. The fourth-order valence-corrected chi connectivity index (χ4v) is 2.12. The molecule has 0 aliphatic carbocycles. The smallest absolute Gasteiger partial charge is 0.274 e. The van der Waals surface area contributed by atoms with Crippen molar-refractivity contribution in [3.8, 4) is 5.75 Å². The van der Waals surface area contributed by atoms with Gasteiger partial charge >= 0.3 is 0 Å². The van der Waals surface area contributed by atoms with Gasteiger partial charge in [0.2, 0.25) is 0 Å². The minimum absolute atomic E-state index is 0.346. The van der Waals surface area contributed by atoms with Crippen LogP contribution in [-0.4, -0.2) is 12.0 Å². The number of hydrogen-bond donors (Lipinski definition) is 2. The summed E-state index contributed by atoms with van der Waals surface area (Å²) in [7, 11) is 0. The maximum Gasteiger partial charge on any atom is 0.274 e. The van der Waals surface area contributed by atoms with Gasteiger partial charge < -0.3 is 4.74 Å². The van der Waals surface area contributed by atoms with Crippen LogP contribution in [0.15, 0.2) is 16.6 Å². The molecule has 1 unspecified atom stereocenters. The third-order valence-corrected chi connectivity index (χ3v) is 2.69. The van der Waals surface area contributed by atoms with E-state index in [9.17, 15) is 4.79 Å². The van der Waals surface area contributed by atoms with Crippen LogP contribution in [0.2, 0.25) is 0 Å². The summed E-state index contributed by atoms with van der Waals surface area (Å²) >= 11 is 3.40. The van der Waals surface area contributed by atoms with Gasteiger partial charge in [0.15, 0.2) is 6.10 Å². The molecule has 4 nitrogen and oxygen atoms in total. The highest BCUT2D eigenvalue weighted by Gasteiger charge is 2.15. The Labute approximate surface area is 103 Å². The van der Waals surface area contributed by atoms with E-state index in [2.05, 4.69) is 21.4 Å². The molecular formula is C11H15BrN2O2. The van der Waals surface area contributed by atoms with Crippen molar-refractivity contribution in [3.63, 3.8) is 0 Å². The summed E-state index contributed by atoms with van der Waals surface area (Å²) in [4.78, 5) is 11.2. The second-order valence-corrected chi connectivity index (χ2v) is 4.55. The number of hydrogen-bond acceptors (Lipinski definition) is 3. The summed E-state index contributed by atoms with van der Waals surface area (Å²) in [6, 6.07) is 3.88. The number of carbonyl (C=O) groups excluding carboxylic acids is 1. The summed E-state index contributed by atoms with van der Waals surface area (Å²) in [6.07, 6.45) is -0.608. The van der Waals surface area contributed by atoms with E-state index < -0.39 is 6.10 Å². The molecule has 0 aliphatic rings. The Balaban J connectivity index is 2.93. The van der Waals surface area contributed by atoms with Gasteiger partial charge in [0, 0.05) is 4.47 Å². The van der Waals surface area contributed by atoms with E-state index in [1.165, 1.54) is 0 Å². The van der Waals surface area contributed by atoms with Crippen LogP contribution in [0, 0.1) is 13.8 Å². The van der Waals surface area contributed by atoms with Crippen LogP contribution in [0.25, 0.3) is 0 Å². The van der Waals surface area contributed by atoms with Gasteiger partial charge in [-0.15, -0.1) is 0 Å².